The third-order valence-corrected chi connectivity index (χ3v) is 5.20. The molecule has 0 atom stereocenters. The van der Waals surface area contributed by atoms with Gasteiger partial charge in [-0.2, -0.15) is 0 Å². The smallest absolute Gasteiger partial charge is 0.222 e. The van der Waals surface area contributed by atoms with Gasteiger partial charge in [-0.15, -0.1) is 0 Å². The molecule has 1 N–H and O–H groups in total. The molecule has 1 aromatic heterocycles. The Morgan fingerprint density at radius 1 is 1.32 bits per heavy atom. The van der Waals surface area contributed by atoms with E-state index >= 15 is 0 Å². The van der Waals surface area contributed by atoms with Gasteiger partial charge in [0.15, 0.2) is 0 Å². The lowest BCUT2D eigenvalue weighted by atomic mass is 9.89. The van der Waals surface area contributed by atoms with Gasteiger partial charge in [-0.05, 0) is 62.5 Å². The minimum atomic E-state index is -0.376. The second-order valence-electron chi connectivity index (χ2n) is 6.83. The summed E-state index contributed by atoms with van der Waals surface area (Å²) < 4.78 is 0. The van der Waals surface area contributed by atoms with Crippen molar-refractivity contribution in [3.63, 3.8) is 0 Å². The van der Waals surface area contributed by atoms with Crippen LogP contribution in [-0.4, -0.2) is 39.6 Å². The van der Waals surface area contributed by atoms with Crippen LogP contribution in [0.25, 0.3) is 0 Å². The van der Waals surface area contributed by atoms with Crippen molar-refractivity contribution in [1.29, 1.82) is 0 Å². The van der Waals surface area contributed by atoms with Crippen LogP contribution >= 0.6 is 0 Å². The summed E-state index contributed by atoms with van der Waals surface area (Å²) >= 11 is 0. The fourth-order valence-electron chi connectivity index (χ4n) is 3.51. The first-order chi connectivity index (χ1) is 10.7. The van der Waals surface area contributed by atoms with Crippen LogP contribution in [0.4, 0.5) is 0 Å². The van der Waals surface area contributed by atoms with E-state index in [9.17, 15) is 9.90 Å². The van der Waals surface area contributed by atoms with E-state index in [0.29, 0.717) is 12.3 Å². The Kier molecular flexibility index (Phi) is 4.77. The summed E-state index contributed by atoms with van der Waals surface area (Å²) in [5, 5.41) is 10.2. The molecule has 0 radical (unpaired) electrons. The number of piperidine rings is 1. The maximum atomic E-state index is 12.2. The molecule has 0 aromatic carbocycles. The van der Waals surface area contributed by atoms with E-state index in [2.05, 4.69) is 11.1 Å². The van der Waals surface area contributed by atoms with Gasteiger partial charge in [0.2, 0.25) is 5.91 Å². The summed E-state index contributed by atoms with van der Waals surface area (Å²) in [6.45, 7) is 1.66. The van der Waals surface area contributed by atoms with Gasteiger partial charge in [-0.25, -0.2) is 0 Å². The van der Waals surface area contributed by atoms with E-state index in [1.807, 2.05) is 17.2 Å². The summed E-state index contributed by atoms with van der Waals surface area (Å²) in [5.41, 5.74) is 0.868. The average molecular weight is 302 g/mol. The third-order valence-electron chi connectivity index (χ3n) is 5.20. The number of hydrogen-bond donors (Lipinski definition) is 1. The lowest BCUT2D eigenvalue weighted by Crippen LogP contribution is -2.41. The van der Waals surface area contributed by atoms with Crippen molar-refractivity contribution >= 4 is 5.91 Å². The first-order valence-electron chi connectivity index (χ1n) is 8.56. The molecule has 3 rings (SSSR count). The van der Waals surface area contributed by atoms with Crippen LogP contribution < -0.4 is 0 Å². The number of aliphatic hydroxyl groups is 1. The second-order valence-corrected chi connectivity index (χ2v) is 6.83. The van der Waals surface area contributed by atoms with E-state index in [4.69, 9.17) is 0 Å². The minimum absolute atomic E-state index is 0.285. The zero-order chi connectivity index (χ0) is 15.4. The van der Waals surface area contributed by atoms with E-state index in [1.165, 1.54) is 5.56 Å². The van der Waals surface area contributed by atoms with Crippen LogP contribution in [0, 0.1) is 5.92 Å². The molecule has 4 heteroatoms. The maximum Gasteiger partial charge on any atom is 0.222 e. The highest BCUT2D eigenvalue weighted by Gasteiger charge is 2.48. The summed E-state index contributed by atoms with van der Waals surface area (Å²) in [6, 6.07) is 4.04. The lowest BCUT2D eigenvalue weighted by molar-refractivity contribution is -0.133. The molecule has 1 saturated heterocycles. The van der Waals surface area contributed by atoms with Gasteiger partial charge in [0.05, 0.1) is 5.60 Å². The molecule has 2 fully saturated rings. The number of amides is 1. The molecule has 2 heterocycles. The second kappa shape index (κ2) is 6.78. The number of aryl methyl sites for hydroxylation is 1. The number of pyridine rings is 1. The van der Waals surface area contributed by atoms with Crippen LogP contribution in [0.5, 0.6) is 0 Å². The summed E-state index contributed by atoms with van der Waals surface area (Å²) in [4.78, 5) is 18.3. The van der Waals surface area contributed by atoms with E-state index in [1.54, 1.807) is 6.20 Å². The van der Waals surface area contributed by atoms with Crippen molar-refractivity contribution in [2.45, 2.75) is 57.0 Å². The number of carbonyl (C=O) groups is 1. The highest BCUT2D eigenvalue weighted by molar-refractivity contribution is 5.76. The standard InChI is InChI=1S/C18H26N2O2/c21-17(6-2-1-4-15-5-3-11-19-14-15)20-12-7-16(8-13-20)18(22)9-10-18/h3,5,11,14,16,22H,1-2,4,6-10,12-13H2. The molecule has 2 aliphatic rings. The Hall–Kier alpha value is -1.42. The van der Waals surface area contributed by atoms with E-state index < -0.39 is 0 Å². The number of rotatable bonds is 6. The normalized spacial score (nSPS) is 20.9. The molecule has 1 amide bonds. The first kappa shape index (κ1) is 15.5. The third kappa shape index (κ3) is 3.86. The maximum absolute atomic E-state index is 12.2. The van der Waals surface area contributed by atoms with Gasteiger partial charge in [0, 0.05) is 31.9 Å². The van der Waals surface area contributed by atoms with Crippen LogP contribution in [0.15, 0.2) is 24.5 Å². The molecule has 0 unspecified atom stereocenters. The minimum Gasteiger partial charge on any atom is -0.390 e. The van der Waals surface area contributed by atoms with Crippen molar-refractivity contribution in [2.75, 3.05) is 13.1 Å². The van der Waals surface area contributed by atoms with Crippen molar-refractivity contribution in [2.24, 2.45) is 5.92 Å². The molecule has 1 saturated carbocycles. The number of carbonyl (C=O) groups excluding carboxylic acids is 1. The SMILES string of the molecule is O=C(CCCCc1cccnc1)N1CCC(C2(O)CC2)CC1. The predicted octanol–water partition coefficient (Wildman–Crippen LogP) is 2.56. The Morgan fingerprint density at radius 3 is 2.73 bits per heavy atom. The molecule has 0 bridgehead atoms. The van der Waals surface area contributed by atoms with Crippen molar-refractivity contribution in [3.05, 3.63) is 30.1 Å². The van der Waals surface area contributed by atoms with E-state index in [0.717, 1.165) is 58.0 Å². The van der Waals surface area contributed by atoms with Gasteiger partial charge in [0.25, 0.3) is 0 Å². The number of aromatic nitrogens is 1. The summed E-state index contributed by atoms with van der Waals surface area (Å²) in [7, 11) is 0. The van der Waals surface area contributed by atoms with Crippen molar-refractivity contribution in [1.82, 2.24) is 9.88 Å². The van der Waals surface area contributed by atoms with Crippen LogP contribution in [0.3, 0.4) is 0 Å². The fourth-order valence-corrected chi connectivity index (χ4v) is 3.51. The predicted molar refractivity (Wildman–Crippen MR) is 85.3 cm³/mol. The molecule has 1 aliphatic carbocycles. The number of unbranched alkanes of at least 4 members (excludes halogenated alkanes) is 1. The Balaban J connectivity index is 1.33. The van der Waals surface area contributed by atoms with Gasteiger partial charge < -0.3 is 10.0 Å². The fraction of sp³-hybridized carbons (Fsp3) is 0.667. The monoisotopic (exact) mass is 302 g/mol. The number of hydrogen-bond acceptors (Lipinski definition) is 3. The quantitative estimate of drug-likeness (QED) is 0.822. The molecular weight excluding hydrogens is 276 g/mol. The Labute approximate surface area is 132 Å². The number of likely N-dealkylation sites (tertiary alicyclic amines) is 1. The highest BCUT2D eigenvalue weighted by Crippen LogP contribution is 2.46. The average Bonchev–Trinajstić information content (AvgIpc) is 3.31. The van der Waals surface area contributed by atoms with Gasteiger partial charge in [0.1, 0.15) is 0 Å². The highest BCUT2D eigenvalue weighted by atomic mass is 16.3. The Morgan fingerprint density at radius 2 is 2.09 bits per heavy atom. The van der Waals surface area contributed by atoms with Crippen molar-refractivity contribution in [3.8, 4) is 0 Å². The number of nitrogens with zero attached hydrogens (tertiary/aromatic N) is 2. The molecule has 120 valence electrons. The van der Waals surface area contributed by atoms with Crippen LogP contribution in [0.2, 0.25) is 0 Å². The van der Waals surface area contributed by atoms with Gasteiger partial charge in [-0.1, -0.05) is 6.07 Å². The molecule has 1 aromatic rings. The molecule has 0 spiro atoms. The summed E-state index contributed by atoms with van der Waals surface area (Å²) in [5.74, 6) is 0.703. The zero-order valence-electron chi connectivity index (χ0n) is 13.2. The van der Waals surface area contributed by atoms with Crippen LogP contribution in [0.1, 0.15) is 50.5 Å². The first-order valence-corrected chi connectivity index (χ1v) is 8.56. The van der Waals surface area contributed by atoms with Gasteiger partial charge in [-0.3, -0.25) is 9.78 Å². The molecular formula is C18H26N2O2. The van der Waals surface area contributed by atoms with E-state index in [-0.39, 0.29) is 11.5 Å². The topological polar surface area (TPSA) is 53.4 Å². The molecule has 22 heavy (non-hydrogen) atoms. The Bertz CT molecular complexity index is 491. The molecule has 1 aliphatic heterocycles. The summed E-state index contributed by atoms with van der Waals surface area (Å²) in [6.07, 6.45) is 11.2. The zero-order valence-corrected chi connectivity index (χ0v) is 13.2. The largest absolute Gasteiger partial charge is 0.390 e. The molecule has 4 nitrogen and oxygen atoms in total. The van der Waals surface area contributed by atoms with Crippen LogP contribution in [-0.2, 0) is 11.2 Å². The lowest BCUT2D eigenvalue weighted by Gasteiger charge is -2.34. The van der Waals surface area contributed by atoms with Gasteiger partial charge >= 0.3 is 0 Å². The van der Waals surface area contributed by atoms with Crippen molar-refractivity contribution < 1.29 is 9.90 Å².